The average molecular weight is 484 g/mol. The summed E-state index contributed by atoms with van der Waals surface area (Å²) in [5, 5.41) is 15.8. The van der Waals surface area contributed by atoms with Crippen LogP contribution >= 0.6 is 35.0 Å². The van der Waals surface area contributed by atoms with Gasteiger partial charge in [0.1, 0.15) is 5.82 Å². The van der Waals surface area contributed by atoms with Crippen LogP contribution in [0.25, 0.3) is 0 Å². The molecule has 3 rings (SSSR count). The maximum absolute atomic E-state index is 12.3. The number of hydrogen-bond donors (Lipinski definition) is 2. The summed E-state index contributed by atoms with van der Waals surface area (Å²) in [6, 6.07) is 5.03. The fraction of sp³-hybridized carbons (Fsp3) is 0.524. The molecule has 1 heterocycles. The second-order valence-corrected chi connectivity index (χ2v) is 9.57. The number of thioether (sulfide) groups is 1. The zero-order valence-electron chi connectivity index (χ0n) is 17.7. The summed E-state index contributed by atoms with van der Waals surface area (Å²) >= 11 is 13.2. The van der Waals surface area contributed by atoms with Gasteiger partial charge < -0.3 is 15.2 Å². The standard InChI is InChI=1S/C21H27Cl2N5O2S/c1-13-5-3-4-6-17(13)25-19(29)12-31-21-27-26-18(28(21)2)9-10-24-20(30)14-7-8-15(22)16(23)11-14/h7-8,11,13,17H,3-6,9-10,12H2,1-2H3,(H,24,30)(H,25,29)/t13-,17+/m1/s1. The monoisotopic (exact) mass is 483 g/mol. The van der Waals surface area contributed by atoms with Gasteiger partial charge in [-0.25, -0.2) is 0 Å². The fourth-order valence-corrected chi connectivity index (χ4v) is 4.66. The smallest absolute Gasteiger partial charge is 0.251 e. The molecular weight excluding hydrogens is 457 g/mol. The first-order valence-corrected chi connectivity index (χ1v) is 12.1. The second kappa shape index (κ2) is 11.2. The Kier molecular flexibility index (Phi) is 8.63. The van der Waals surface area contributed by atoms with Crippen LogP contribution in [0, 0.1) is 5.92 Å². The molecule has 31 heavy (non-hydrogen) atoms. The molecule has 1 fully saturated rings. The van der Waals surface area contributed by atoms with Crippen molar-refractivity contribution >= 4 is 46.8 Å². The van der Waals surface area contributed by atoms with E-state index in [9.17, 15) is 9.59 Å². The summed E-state index contributed by atoms with van der Waals surface area (Å²) < 4.78 is 1.85. The average Bonchev–Trinajstić information content (AvgIpc) is 3.09. The number of nitrogens with zero attached hydrogens (tertiary/aromatic N) is 3. The largest absolute Gasteiger partial charge is 0.352 e. The van der Waals surface area contributed by atoms with E-state index in [-0.39, 0.29) is 17.9 Å². The van der Waals surface area contributed by atoms with Crippen LogP contribution in [0.1, 0.15) is 48.8 Å². The first-order valence-electron chi connectivity index (χ1n) is 10.4. The Bertz CT molecular complexity index is 936. The summed E-state index contributed by atoms with van der Waals surface area (Å²) in [5.74, 6) is 1.37. The highest BCUT2D eigenvalue weighted by Crippen LogP contribution is 2.24. The Morgan fingerprint density at radius 2 is 1.97 bits per heavy atom. The molecule has 1 saturated carbocycles. The lowest BCUT2D eigenvalue weighted by molar-refractivity contribution is -0.119. The first kappa shape index (κ1) is 23.9. The quantitative estimate of drug-likeness (QED) is 0.556. The lowest BCUT2D eigenvalue weighted by atomic mass is 9.86. The predicted octanol–water partition coefficient (Wildman–Crippen LogP) is 3.88. The highest BCUT2D eigenvalue weighted by Gasteiger charge is 2.23. The molecule has 2 amide bonds. The van der Waals surface area contributed by atoms with E-state index < -0.39 is 0 Å². The molecule has 2 atom stereocenters. The van der Waals surface area contributed by atoms with E-state index in [1.54, 1.807) is 12.1 Å². The predicted molar refractivity (Wildman–Crippen MR) is 124 cm³/mol. The molecule has 168 valence electrons. The van der Waals surface area contributed by atoms with Gasteiger partial charge in [-0.1, -0.05) is 54.7 Å². The topological polar surface area (TPSA) is 88.9 Å². The summed E-state index contributed by atoms with van der Waals surface area (Å²) in [7, 11) is 1.86. The van der Waals surface area contributed by atoms with E-state index in [1.807, 2.05) is 11.6 Å². The summed E-state index contributed by atoms with van der Waals surface area (Å²) in [5.41, 5.74) is 0.446. The highest BCUT2D eigenvalue weighted by molar-refractivity contribution is 7.99. The molecule has 1 aromatic heterocycles. The number of rotatable bonds is 8. The number of aromatic nitrogens is 3. The van der Waals surface area contributed by atoms with E-state index in [2.05, 4.69) is 27.8 Å². The lowest BCUT2D eigenvalue weighted by Crippen LogP contribution is -2.41. The minimum atomic E-state index is -0.232. The summed E-state index contributed by atoms with van der Waals surface area (Å²) in [6.07, 6.45) is 5.17. The van der Waals surface area contributed by atoms with Crippen molar-refractivity contribution < 1.29 is 9.59 Å². The van der Waals surface area contributed by atoms with E-state index in [1.165, 1.54) is 37.1 Å². The zero-order valence-corrected chi connectivity index (χ0v) is 20.0. The minimum Gasteiger partial charge on any atom is -0.352 e. The van der Waals surface area contributed by atoms with Crippen molar-refractivity contribution in [2.24, 2.45) is 13.0 Å². The number of carbonyl (C=O) groups is 2. The van der Waals surface area contributed by atoms with E-state index in [4.69, 9.17) is 23.2 Å². The van der Waals surface area contributed by atoms with Crippen molar-refractivity contribution in [3.63, 3.8) is 0 Å². The number of hydrogen-bond acceptors (Lipinski definition) is 5. The molecule has 1 aromatic carbocycles. The van der Waals surface area contributed by atoms with Gasteiger partial charge in [0.2, 0.25) is 5.91 Å². The third-order valence-electron chi connectivity index (χ3n) is 5.53. The van der Waals surface area contributed by atoms with Crippen molar-refractivity contribution in [1.29, 1.82) is 0 Å². The van der Waals surface area contributed by atoms with Gasteiger partial charge in [0.15, 0.2) is 5.16 Å². The molecule has 1 aliphatic carbocycles. The molecule has 0 bridgehead atoms. The third kappa shape index (κ3) is 6.60. The van der Waals surface area contributed by atoms with Crippen LogP contribution in [0.5, 0.6) is 0 Å². The van der Waals surface area contributed by atoms with Gasteiger partial charge in [-0.2, -0.15) is 0 Å². The van der Waals surface area contributed by atoms with E-state index >= 15 is 0 Å². The number of benzene rings is 1. The van der Waals surface area contributed by atoms with Gasteiger partial charge in [0.25, 0.3) is 5.91 Å². The number of nitrogens with one attached hydrogen (secondary N) is 2. The lowest BCUT2D eigenvalue weighted by Gasteiger charge is -2.29. The highest BCUT2D eigenvalue weighted by atomic mass is 35.5. The summed E-state index contributed by atoms with van der Waals surface area (Å²) in [4.78, 5) is 24.6. The molecule has 1 aliphatic rings. The second-order valence-electron chi connectivity index (χ2n) is 7.82. The van der Waals surface area contributed by atoms with E-state index in [0.29, 0.717) is 45.4 Å². The van der Waals surface area contributed by atoms with Crippen LogP contribution in [0.4, 0.5) is 0 Å². The molecule has 10 heteroatoms. The normalized spacial score (nSPS) is 18.6. The van der Waals surface area contributed by atoms with Gasteiger partial charge in [0, 0.05) is 31.6 Å². The molecule has 0 spiro atoms. The SMILES string of the molecule is C[C@@H]1CCCC[C@@H]1NC(=O)CSc1nnc(CCNC(=O)c2ccc(Cl)c(Cl)c2)n1C. The van der Waals surface area contributed by atoms with Gasteiger partial charge in [0.05, 0.1) is 15.8 Å². The molecule has 2 aromatic rings. The van der Waals surface area contributed by atoms with Crippen LogP contribution in [-0.2, 0) is 18.3 Å². The Labute approximate surface area is 196 Å². The fourth-order valence-electron chi connectivity index (χ4n) is 3.62. The Morgan fingerprint density at radius 3 is 2.71 bits per heavy atom. The Balaban J connectivity index is 1.44. The zero-order chi connectivity index (χ0) is 22.4. The molecular formula is C21H27Cl2N5O2S. The van der Waals surface area contributed by atoms with Crippen LogP contribution in [-0.4, -0.2) is 44.9 Å². The van der Waals surface area contributed by atoms with Crippen molar-refractivity contribution in [2.75, 3.05) is 12.3 Å². The van der Waals surface area contributed by atoms with Crippen molar-refractivity contribution in [2.45, 2.75) is 50.2 Å². The first-order chi connectivity index (χ1) is 14.8. The van der Waals surface area contributed by atoms with Gasteiger partial charge in [-0.15, -0.1) is 10.2 Å². The van der Waals surface area contributed by atoms with Gasteiger partial charge >= 0.3 is 0 Å². The Morgan fingerprint density at radius 1 is 1.19 bits per heavy atom. The summed E-state index contributed by atoms with van der Waals surface area (Å²) in [6.45, 7) is 2.60. The molecule has 7 nitrogen and oxygen atoms in total. The molecule has 0 radical (unpaired) electrons. The van der Waals surface area contributed by atoms with Crippen LogP contribution in [0.15, 0.2) is 23.4 Å². The third-order valence-corrected chi connectivity index (χ3v) is 7.29. The number of carbonyl (C=O) groups excluding carboxylic acids is 2. The molecule has 0 aliphatic heterocycles. The van der Waals surface area contributed by atoms with Gasteiger partial charge in [-0.3, -0.25) is 9.59 Å². The van der Waals surface area contributed by atoms with Crippen LogP contribution < -0.4 is 10.6 Å². The van der Waals surface area contributed by atoms with E-state index in [0.717, 1.165) is 12.2 Å². The maximum atomic E-state index is 12.3. The number of amides is 2. The van der Waals surface area contributed by atoms with Gasteiger partial charge in [-0.05, 0) is 37.0 Å². The maximum Gasteiger partial charge on any atom is 0.251 e. The van der Waals surface area contributed by atoms with Crippen LogP contribution in [0.2, 0.25) is 10.0 Å². The molecule has 0 unspecified atom stereocenters. The van der Waals surface area contributed by atoms with Crippen molar-refractivity contribution in [1.82, 2.24) is 25.4 Å². The minimum absolute atomic E-state index is 0.0298. The number of halogens is 2. The molecule has 0 saturated heterocycles. The molecule has 2 N–H and O–H groups in total. The van der Waals surface area contributed by atoms with Crippen molar-refractivity contribution in [3.8, 4) is 0 Å². The van der Waals surface area contributed by atoms with Crippen molar-refractivity contribution in [3.05, 3.63) is 39.6 Å². The Hall–Kier alpha value is -1.77. The van der Waals surface area contributed by atoms with Crippen LogP contribution in [0.3, 0.4) is 0 Å².